The van der Waals surface area contributed by atoms with E-state index < -0.39 is 11.9 Å². The van der Waals surface area contributed by atoms with Crippen molar-refractivity contribution in [1.29, 1.82) is 0 Å². The number of amides is 1. The van der Waals surface area contributed by atoms with Crippen LogP contribution >= 0.6 is 0 Å². The molecule has 1 atom stereocenters. The SMILES string of the molecule is Cc1nc(N[C@H]2C[C@H](Nc3cnc(C(F)(F)F)cn3)C2)nc2c1NC(=O)[C@H](C)N2C. The second-order valence-electron chi connectivity index (χ2n) is 7.55. The third-order valence-electron chi connectivity index (χ3n) is 5.38. The van der Waals surface area contributed by atoms with Gasteiger partial charge in [-0.05, 0) is 26.7 Å². The molecule has 3 N–H and O–H groups in total. The van der Waals surface area contributed by atoms with Crippen molar-refractivity contribution in [2.24, 2.45) is 0 Å². The van der Waals surface area contributed by atoms with Crippen molar-refractivity contribution in [1.82, 2.24) is 19.9 Å². The van der Waals surface area contributed by atoms with Crippen LogP contribution in [-0.2, 0) is 11.0 Å². The van der Waals surface area contributed by atoms with E-state index in [-0.39, 0.29) is 24.0 Å². The van der Waals surface area contributed by atoms with Gasteiger partial charge in [0.05, 0.1) is 18.1 Å². The van der Waals surface area contributed by atoms with Gasteiger partial charge in [0.15, 0.2) is 11.5 Å². The number of carbonyl (C=O) groups is 1. The van der Waals surface area contributed by atoms with Crippen LogP contribution in [-0.4, -0.2) is 51.0 Å². The summed E-state index contributed by atoms with van der Waals surface area (Å²) in [6.07, 6.45) is -1.24. The summed E-state index contributed by atoms with van der Waals surface area (Å²) in [4.78, 5) is 30.0. The first-order chi connectivity index (χ1) is 14.1. The maximum absolute atomic E-state index is 12.5. The molecule has 4 rings (SSSR count). The fourth-order valence-electron chi connectivity index (χ4n) is 3.41. The number of aryl methyl sites for hydroxylation is 1. The molecule has 0 saturated heterocycles. The van der Waals surface area contributed by atoms with Gasteiger partial charge < -0.3 is 20.9 Å². The number of likely N-dealkylation sites (N-methyl/N-ethyl adjacent to an activating group) is 1. The molecular weight excluding hydrogens is 401 g/mol. The molecule has 160 valence electrons. The summed E-state index contributed by atoms with van der Waals surface area (Å²) in [5.41, 5.74) is 0.264. The highest BCUT2D eigenvalue weighted by molar-refractivity contribution is 6.03. The molecule has 2 aromatic heterocycles. The van der Waals surface area contributed by atoms with Gasteiger partial charge in [0.1, 0.15) is 17.5 Å². The first kappa shape index (κ1) is 20.1. The Kier molecular flexibility index (Phi) is 4.86. The summed E-state index contributed by atoms with van der Waals surface area (Å²) in [6, 6.07) is -0.153. The molecule has 1 aliphatic heterocycles. The predicted molar refractivity (Wildman–Crippen MR) is 104 cm³/mol. The smallest absolute Gasteiger partial charge is 0.366 e. The Morgan fingerprint density at radius 3 is 2.47 bits per heavy atom. The number of halogens is 3. The minimum Gasteiger partial charge on any atom is -0.366 e. The van der Waals surface area contributed by atoms with Crippen molar-refractivity contribution in [3.8, 4) is 0 Å². The van der Waals surface area contributed by atoms with E-state index in [0.717, 1.165) is 25.2 Å². The monoisotopic (exact) mass is 422 g/mol. The first-order valence-electron chi connectivity index (χ1n) is 9.46. The Balaban J connectivity index is 1.35. The minimum atomic E-state index is -4.50. The van der Waals surface area contributed by atoms with Crippen molar-refractivity contribution in [2.75, 3.05) is 27.9 Å². The number of anilines is 4. The highest BCUT2D eigenvalue weighted by Crippen LogP contribution is 2.33. The molecule has 0 unspecified atom stereocenters. The highest BCUT2D eigenvalue weighted by Gasteiger charge is 2.34. The van der Waals surface area contributed by atoms with Crippen molar-refractivity contribution < 1.29 is 18.0 Å². The van der Waals surface area contributed by atoms with Crippen LogP contribution in [0.3, 0.4) is 0 Å². The molecule has 2 aliphatic rings. The number of hydrogen-bond acceptors (Lipinski definition) is 8. The third-order valence-corrected chi connectivity index (χ3v) is 5.38. The molecule has 0 spiro atoms. The number of fused-ring (bicyclic) bond motifs is 1. The van der Waals surface area contributed by atoms with Crippen LogP contribution < -0.4 is 20.9 Å². The summed E-state index contributed by atoms with van der Waals surface area (Å²) in [6.45, 7) is 3.61. The lowest BCUT2D eigenvalue weighted by molar-refractivity contribution is -0.141. The van der Waals surface area contributed by atoms with Crippen LogP contribution in [0, 0.1) is 6.92 Å². The molecule has 30 heavy (non-hydrogen) atoms. The van der Waals surface area contributed by atoms with Crippen molar-refractivity contribution >= 4 is 29.2 Å². The maximum atomic E-state index is 12.5. The third kappa shape index (κ3) is 3.81. The van der Waals surface area contributed by atoms with Gasteiger partial charge in [-0.15, -0.1) is 0 Å². The average molecular weight is 422 g/mol. The van der Waals surface area contributed by atoms with Gasteiger partial charge in [-0.1, -0.05) is 0 Å². The quantitative estimate of drug-likeness (QED) is 0.690. The molecule has 3 heterocycles. The molecule has 0 aromatic carbocycles. The van der Waals surface area contributed by atoms with Crippen LogP contribution in [0.4, 0.5) is 36.4 Å². The van der Waals surface area contributed by atoms with E-state index in [9.17, 15) is 18.0 Å². The van der Waals surface area contributed by atoms with Crippen LogP contribution in [0.5, 0.6) is 0 Å². The van der Waals surface area contributed by atoms with Gasteiger partial charge >= 0.3 is 6.18 Å². The second kappa shape index (κ2) is 7.26. The van der Waals surface area contributed by atoms with E-state index in [1.807, 2.05) is 18.9 Å². The van der Waals surface area contributed by atoms with E-state index in [2.05, 4.69) is 35.9 Å². The van der Waals surface area contributed by atoms with Gasteiger partial charge in [-0.25, -0.2) is 15.0 Å². The van der Waals surface area contributed by atoms with Gasteiger partial charge in [-0.2, -0.15) is 18.2 Å². The lowest BCUT2D eigenvalue weighted by Gasteiger charge is -2.37. The molecular formula is C18H21F3N8O. The van der Waals surface area contributed by atoms with Crippen LogP contribution in [0.15, 0.2) is 12.4 Å². The summed E-state index contributed by atoms with van der Waals surface area (Å²) >= 11 is 0. The highest BCUT2D eigenvalue weighted by atomic mass is 19.4. The summed E-state index contributed by atoms with van der Waals surface area (Å²) in [5.74, 6) is 1.33. The number of nitrogens with one attached hydrogen (secondary N) is 3. The van der Waals surface area contributed by atoms with Crippen LogP contribution in [0.25, 0.3) is 0 Å². The fraction of sp³-hybridized carbons (Fsp3) is 0.500. The van der Waals surface area contributed by atoms with E-state index in [1.54, 1.807) is 6.92 Å². The number of carbonyl (C=O) groups excluding carboxylic acids is 1. The Bertz CT molecular complexity index is 959. The average Bonchev–Trinajstić information content (AvgIpc) is 2.65. The Morgan fingerprint density at radius 2 is 1.83 bits per heavy atom. The largest absolute Gasteiger partial charge is 0.434 e. The second-order valence-corrected chi connectivity index (χ2v) is 7.55. The van der Waals surface area contributed by atoms with E-state index in [4.69, 9.17) is 0 Å². The Morgan fingerprint density at radius 1 is 1.13 bits per heavy atom. The van der Waals surface area contributed by atoms with E-state index in [1.165, 1.54) is 0 Å². The zero-order valence-electron chi connectivity index (χ0n) is 16.6. The lowest BCUT2D eigenvalue weighted by atomic mass is 9.87. The molecule has 1 saturated carbocycles. The first-order valence-corrected chi connectivity index (χ1v) is 9.46. The molecule has 1 aliphatic carbocycles. The number of hydrogen-bond donors (Lipinski definition) is 3. The maximum Gasteiger partial charge on any atom is 0.434 e. The minimum absolute atomic E-state index is 0.0641. The summed E-state index contributed by atoms with van der Waals surface area (Å²) < 4.78 is 37.6. The summed E-state index contributed by atoms with van der Waals surface area (Å²) in [7, 11) is 1.81. The predicted octanol–water partition coefficient (Wildman–Crippen LogP) is 2.43. The molecule has 1 amide bonds. The number of rotatable bonds is 4. The fourth-order valence-corrected chi connectivity index (χ4v) is 3.41. The topological polar surface area (TPSA) is 108 Å². The van der Waals surface area contributed by atoms with Gasteiger partial charge in [-0.3, -0.25) is 4.79 Å². The summed E-state index contributed by atoms with van der Waals surface area (Å²) in [5, 5.41) is 9.19. The molecule has 12 heteroatoms. The van der Waals surface area contributed by atoms with Crippen molar-refractivity contribution in [3.05, 3.63) is 23.8 Å². The number of aromatic nitrogens is 4. The van der Waals surface area contributed by atoms with Gasteiger partial charge in [0, 0.05) is 19.1 Å². The van der Waals surface area contributed by atoms with Crippen molar-refractivity contribution in [3.63, 3.8) is 0 Å². The van der Waals surface area contributed by atoms with Crippen LogP contribution in [0.1, 0.15) is 31.2 Å². The Hall–Kier alpha value is -3.18. The molecule has 9 nitrogen and oxygen atoms in total. The van der Waals surface area contributed by atoms with Crippen LogP contribution in [0.2, 0.25) is 0 Å². The van der Waals surface area contributed by atoms with Crippen molar-refractivity contribution in [2.45, 2.75) is 51.0 Å². The standard InChI is InChI=1S/C18H21F3N8O/c1-8-14-15(29(3)9(2)16(30)27-14)28-17(24-8)26-11-4-10(5-11)25-13-7-22-12(6-23-13)18(19,20)21/h6-7,9-11H,4-5H2,1-3H3,(H,23,25)(H,27,30)(H,24,26,28)/t9-,10-,11-/m0/s1. The lowest BCUT2D eigenvalue weighted by Crippen LogP contribution is -2.46. The molecule has 2 aromatic rings. The number of nitrogens with zero attached hydrogens (tertiary/aromatic N) is 5. The van der Waals surface area contributed by atoms with E-state index in [0.29, 0.717) is 29.0 Å². The van der Waals surface area contributed by atoms with Gasteiger partial charge in [0.25, 0.3) is 0 Å². The normalized spacial score (nSPS) is 23.3. The zero-order chi connectivity index (χ0) is 21.6. The molecule has 0 radical (unpaired) electrons. The Labute approximate surface area is 170 Å². The van der Waals surface area contributed by atoms with E-state index >= 15 is 0 Å². The molecule has 0 bridgehead atoms. The molecule has 1 fully saturated rings. The zero-order valence-corrected chi connectivity index (χ0v) is 16.6. The number of alkyl halides is 3. The van der Waals surface area contributed by atoms with Gasteiger partial charge in [0.2, 0.25) is 11.9 Å².